The van der Waals surface area contributed by atoms with E-state index in [0.29, 0.717) is 18.1 Å². The molecule has 0 unspecified atom stereocenters. The molecule has 2 N–H and O–H groups in total. The van der Waals surface area contributed by atoms with Crippen molar-refractivity contribution < 1.29 is 0 Å². The van der Waals surface area contributed by atoms with Gasteiger partial charge in [0, 0.05) is 11.3 Å². The monoisotopic (exact) mass is 279 g/mol. The summed E-state index contributed by atoms with van der Waals surface area (Å²) in [7, 11) is 0. The van der Waals surface area contributed by atoms with Crippen molar-refractivity contribution in [2.75, 3.05) is 5.73 Å². The first-order valence-electron chi connectivity index (χ1n) is 6.82. The molecule has 0 atom stereocenters. The number of hydrogen-bond donors (Lipinski definition) is 1. The molecule has 106 valence electrons. The van der Waals surface area contributed by atoms with E-state index in [9.17, 15) is 0 Å². The van der Waals surface area contributed by atoms with Gasteiger partial charge < -0.3 is 5.73 Å². The van der Waals surface area contributed by atoms with Crippen LogP contribution in [0.3, 0.4) is 0 Å². The molecule has 0 radical (unpaired) electrons. The van der Waals surface area contributed by atoms with E-state index in [0.717, 1.165) is 16.7 Å². The molecule has 2 aromatic carbocycles. The summed E-state index contributed by atoms with van der Waals surface area (Å²) >= 11 is 0. The average molecular weight is 279 g/mol. The van der Waals surface area contributed by atoms with E-state index < -0.39 is 0 Å². The van der Waals surface area contributed by atoms with Gasteiger partial charge in [-0.25, -0.2) is 4.68 Å². The fraction of sp³-hybridized carbons (Fsp3) is 0.188. The highest BCUT2D eigenvalue weighted by Gasteiger charge is 2.12. The number of aromatic nitrogens is 4. The number of nitrogen functional groups attached to an aromatic ring is 1. The summed E-state index contributed by atoms with van der Waals surface area (Å²) in [5, 5.41) is 12.0. The second-order valence-electron chi connectivity index (χ2n) is 5.24. The second-order valence-corrected chi connectivity index (χ2v) is 5.24. The standard InChI is InChI=1S/C16H17N5/c1-11-3-6-13(7-4-11)10-21-16(18-19-20-21)14-9-12(2)5-8-15(14)17/h3-9H,10,17H2,1-2H3. The van der Waals surface area contributed by atoms with Crippen LogP contribution < -0.4 is 5.73 Å². The van der Waals surface area contributed by atoms with Gasteiger partial charge in [-0.05, 0) is 42.0 Å². The Balaban J connectivity index is 1.97. The van der Waals surface area contributed by atoms with Crippen LogP contribution in [0, 0.1) is 13.8 Å². The zero-order valence-corrected chi connectivity index (χ0v) is 12.1. The Morgan fingerprint density at radius 1 is 1.00 bits per heavy atom. The lowest BCUT2D eigenvalue weighted by atomic mass is 10.1. The topological polar surface area (TPSA) is 69.6 Å². The Morgan fingerprint density at radius 2 is 1.71 bits per heavy atom. The van der Waals surface area contributed by atoms with Gasteiger partial charge in [-0.1, -0.05) is 41.5 Å². The van der Waals surface area contributed by atoms with Gasteiger partial charge >= 0.3 is 0 Å². The first-order chi connectivity index (χ1) is 10.1. The summed E-state index contributed by atoms with van der Waals surface area (Å²) in [5.74, 6) is 0.691. The van der Waals surface area contributed by atoms with Crippen molar-refractivity contribution in [3.8, 4) is 11.4 Å². The molecule has 0 amide bonds. The molecule has 0 aliphatic heterocycles. The van der Waals surface area contributed by atoms with E-state index in [4.69, 9.17) is 5.73 Å². The Bertz CT molecular complexity index is 759. The molecule has 0 bridgehead atoms. The van der Waals surface area contributed by atoms with Crippen LogP contribution >= 0.6 is 0 Å². The lowest BCUT2D eigenvalue weighted by Gasteiger charge is -2.08. The zero-order chi connectivity index (χ0) is 14.8. The lowest BCUT2D eigenvalue weighted by molar-refractivity contribution is 0.653. The van der Waals surface area contributed by atoms with Crippen LogP contribution in [0.15, 0.2) is 42.5 Å². The molecule has 3 aromatic rings. The molecule has 5 heteroatoms. The third-order valence-electron chi connectivity index (χ3n) is 3.43. The van der Waals surface area contributed by atoms with Crippen molar-refractivity contribution in [2.24, 2.45) is 0 Å². The number of anilines is 1. The highest BCUT2D eigenvalue weighted by atomic mass is 15.5. The molecule has 21 heavy (non-hydrogen) atoms. The van der Waals surface area contributed by atoms with E-state index in [2.05, 4.69) is 46.7 Å². The SMILES string of the molecule is Cc1ccc(Cn2nnnc2-c2cc(C)ccc2N)cc1. The highest BCUT2D eigenvalue weighted by molar-refractivity contribution is 5.72. The van der Waals surface area contributed by atoms with E-state index in [-0.39, 0.29) is 0 Å². The summed E-state index contributed by atoms with van der Waals surface area (Å²) in [6.45, 7) is 4.71. The maximum atomic E-state index is 6.05. The van der Waals surface area contributed by atoms with Crippen molar-refractivity contribution in [2.45, 2.75) is 20.4 Å². The van der Waals surface area contributed by atoms with Gasteiger partial charge in [-0.2, -0.15) is 0 Å². The molecule has 0 aliphatic carbocycles. The number of hydrogen-bond acceptors (Lipinski definition) is 4. The molecule has 5 nitrogen and oxygen atoms in total. The fourth-order valence-corrected chi connectivity index (χ4v) is 2.23. The largest absolute Gasteiger partial charge is 0.398 e. The summed E-state index contributed by atoms with van der Waals surface area (Å²) in [5.41, 5.74) is 11.1. The number of nitrogens with two attached hydrogens (primary N) is 1. The molecule has 1 aromatic heterocycles. The molecule has 3 rings (SSSR count). The van der Waals surface area contributed by atoms with Gasteiger partial charge in [-0.15, -0.1) is 5.10 Å². The summed E-state index contributed by atoms with van der Waals surface area (Å²) in [6, 6.07) is 14.2. The molecule has 1 heterocycles. The van der Waals surface area contributed by atoms with Crippen LogP contribution in [0.2, 0.25) is 0 Å². The predicted molar refractivity (Wildman–Crippen MR) is 82.7 cm³/mol. The van der Waals surface area contributed by atoms with Crippen LogP contribution in [0.4, 0.5) is 5.69 Å². The number of nitrogens with zero attached hydrogens (tertiary/aromatic N) is 4. The number of tetrazole rings is 1. The normalized spacial score (nSPS) is 10.8. The first kappa shape index (κ1) is 13.3. The summed E-state index contributed by atoms with van der Waals surface area (Å²) in [6.07, 6.45) is 0. The number of benzene rings is 2. The highest BCUT2D eigenvalue weighted by Crippen LogP contribution is 2.24. The van der Waals surface area contributed by atoms with Crippen molar-refractivity contribution in [1.29, 1.82) is 0 Å². The van der Waals surface area contributed by atoms with Crippen LogP contribution in [-0.4, -0.2) is 20.2 Å². The Kier molecular flexibility index (Phi) is 3.39. The molecule has 0 spiro atoms. The maximum absolute atomic E-state index is 6.05. The minimum Gasteiger partial charge on any atom is -0.398 e. The molecule has 0 aliphatic rings. The molecule has 0 fully saturated rings. The molecular formula is C16H17N5. The van der Waals surface area contributed by atoms with E-state index >= 15 is 0 Å². The van der Waals surface area contributed by atoms with E-state index in [1.807, 2.05) is 25.1 Å². The summed E-state index contributed by atoms with van der Waals surface area (Å²) < 4.78 is 1.77. The average Bonchev–Trinajstić information content (AvgIpc) is 2.92. The minimum absolute atomic E-state index is 0.621. The van der Waals surface area contributed by atoms with Crippen LogP contribution in [0.5, 0.6) is 0 Å². The van der Waals surface area contributed by atoms with Crippen molar-refractivity contribution in [1.82, 2.24) is 20.2 Å². The second kappa shape index (κ2) is 5.36. The van der Waals surface area contributed by atoms with E-state index in [1.165, 1.54) is 5.56 Å². The fourth-order valence-electron chi connectivity index (χ4n) is 2.23. The van der Waals surface area contributed by atoms with Gasteiger partial charge in [0.1, 0.15) is 0 Å². The zero-order valence-electron chi connectivity index (χ0n) is 12.1. The third kappa shape index (κ3) is 2.76. The molecular weight excluding hydrogens is 262 g/mol. The lowest BCUT2D eigenvalue weighted by Crippen LogP contribution is -2.05. The van der Waals surface area contributed by atoms with Gasteiger partial charge in [0.25, 0.3) is 0 Å². The quantitative estimate of drug-likeness (QED) is 0.748. The van der Waals surface area contributed by atoms with Gasteiger partial charge in [0.05, 0.1) is 6.54 Å². The summed E-state index contributed by atoms with van der Waals surface area (Å²) in [4.78, 5) is 0. The first-order valence-corrected chi connectivity index (χ1v) is 6.82. The number of rotatable bonds is 3. The Hall–Kier alpha value is -2.69. The predicted octanol–water partition coefficient (Wildman–Crippen LogP) is 2.59. The van der Waals surface area contributed by atoms with Crippen LogP contribution in [0.1, 0.15) is 16.7 Å². The van der Waals surface area contributed by atoms with Gasteiger partial charge in [0.2, 0.25) is 0 Å². The Morgan fingerprint density at radius 3 is 2.48 bits per heavy atom. The van der Waals surface area contributed by atoms with Crippen LogP contribution in [0.25, 0.3) is 11.4 Å². The minimum atomic E-state index is 0.621. The van der Waals surface area contributed by atoms with Crippen molar-refractivity contribution >= 4 is 5.69 Å². The van der Waals surface area contributed by atoms with E-state index in [1.54, 1.807) is 4.68 Å². The maximum Gasteiger partial charge on any atom is 0.184 e. The van der Waals surface area contributed by atoms with Gasteiger partial charge in [-0.3, -0.25) is 0 Å². The van der Waals surface area contributed by atoms with Crippen molar-refractivity contribution in [3.05, 3.63) is 59.2 Å². The van der Waals surface area contributed by atoms with Crippen molar-refractivity contribution in [3.63, 3.8) is 0 Å². The van der Waals surface area contributed by atoms with Gasteiger partial charge in [0.15, 0.2) is 5.82 Å². The third-order valence-corrected chi connectivity index (χ3v) is 3.43. The Labute approximate surface area is 123 Å². The molecule has 0 saturated carbocycles. The smallest absolute Gasteiger partial charge is 0.184 e. The van der Waals surface area contributed by atoms with Crippen LogP contribution in [-0.2, 0) is 6.54 Å². The number of aryl methyl sites for hydroxylation is 2. The molecule has 0 saturated heterocycles.